The van der Waals surface area contributed by atoms with Gasteiger partial charge in [0, 0.05) is 17.3 Å². The van der Waals surface area contributed by atoms with Crippen LogP contribution in [0.2, 0.25) is 0 Å². The van der Waals surface area contributed by atoms with Crippen LogP contribution in [-0.2, 0) is 0 Å². The van der Waals surface area contributed by atoms with Gasteiger partial charge >= 0.3 is 0 Å². The zero-order valence-corrected chi connectivity index (χ0v) is 12.3. The molecule has 1 atom stereocenters. The zero-order valence-electron chi connectivity index (χ0n) is 12.3. The van der Waals surface area contributed by atoms with Crippen molar-refractivity contribution in [2.45, 2.75) is 46.1 Å². The third kappa shape index (κ3) is 2.42. The molecule has 3 rings (SSSR count). The number of hydrogen-bond donors (Lipinski definition) is 1. The molecule has 4 heteroatoms. The Balaban J connectivity index is 1.88. The summed E-state index contributed by atoms with van der Waals surface area (Å²) in [6, 6.07) is 6.76. The third-order valence-electron chi connectivity index (χ3n) is 4.43. The van der Waals surface area contributed by atoms with E-state index in [9.17, 15) is 0 Å². The normalized spacial score (nSPS) is 21.1. The highest BCUT2D eigenvalue weighted by molar-refractivity contribution is 5.64. The van der Waals surface area contributed by atoms with Gasteiger partial charge in [0.2, 0.25) is 12.3 Å². The number of aryl methyl sites for hydroxylation is 1. The van der Waals surface area contributed by atoms with E-state index in [1.54, 1.807) is 0 Å². The van der Waals surface area contributed by atoms with Crippen LogP contribution in [0, 0.1) is 12.3 Å². The quantitative estimate of drug-likeness (QED) is 0.915. The van der Waals surface area contributed by atoms with E-state index in [-0.39, 0.29) is 0 Å². The summed E-state index contributed by atoms with van der Waals surface area (Å²) < 4.78 is 5.28. The van der Waals surface area contributed by atoms with Crippen LogP contribution >= 0.6 is 0 Å². The molecule has 1 aromatic heterocycles. The van der Waals surface area contributed by atoms with Crippen LogP contribution in [0.3, 0.4) is 0 Å². The molecule has 1 unspecified atom stereocenters. The summed E-state index contributed by atoms with van der Waals surface area (Å²) >= 11 is 0. The predicted molar refractivity (Wildman–Crippen MR) is 79.5 cm³/mol. The number of nitrogens with zero attached hydrogens (tertiary/aromatic N) is 2. The molecule has 1 fully saturated rings. The Labute approximate surface area is 119 Å². The fourth-order valence-corrected chi connectivity index (χ4v) is 2.99. The molecule has 0 radical (unpaired) electrons. The summed E-state index contributed by atoms with van der Waals surface area (Å²) in [5, 5.41) is 11.4. The molecule has 0 spiro atoms. The van der Waals surface area contributed by atoms with E-state index in [1.165, 1.54) is 36.9 Å². The monoisotopic (exact) mass is 271 g/mol. The van der Waals surface area contributed by atoms with Crippen molar-refractivity contribution in [1.82, 2.24) is 10.2 Å². The number of rotatable bonds is 3. The molecule has 106 valence electrons. The van der Waals surface area contributed by atoms with Crippen molar-refractivity contribution in [3.05, 3.63) is 30.2 Å². The van der Waals surface area contributed by atoms with Gasteiger partial charge in [-0.05, 0) is 42.9 Å². The first-order valence-electron chi connectivity index (χ1n) is 7.20. The molecule has 2 aromatic rings. The van der Waals surface area contributed by atoms with Crippen molar-refractivity contribution in [1.29, 1.82) is 0 Å². The highest BCUT2D eigenvalue weighted by Crippen LogP contribution is 2.39. The Hall–Kier alpha value is -1.84. The lowest BCUT2D eigenvalue weighted by Gasteiger charge is -2.29. The predicted octanol–water partition coefficient (Wildman–Crippen LogP) is 4.04. The SMILES string of the molecule is Cc1ccc(-c2nnco2)cc1NC1CCCC1(C)C. The largest absolute Gasteiger partial charge is 0.423 e. The standard InChI is InChI=1S/C16H21N3O/c1-11-6-7-12(15-19-17-10-20-15)9-13(11)18-14-5-4-8-16(14,2)3/h6-7,9-10,14,18H,4-5,8H2,1-3H3. The average molecular weight is 271 g/mol. The van der Waals surface area contributed by atoms with Gasteiger partial charge in [-0.3, -0.25) is 0 Å². The molecule has 1 aliphatic rings. The van der Waals surface area contributed by atoms with Crippen molar-refractivity contribution in [3.8, 4) is 11.5 Å². The molecule has 1 aromatic carbocycles. The molecule has 0 amide bonds. The van der Waals surface area contributed by atoms with Crippen LogP contribution in [0.4, 0.5) is 5.69 Å². The maximum atomic E-state index is 5.28. The highest BCUT2D eigenvalue weighted by atomic mass is 16.4. The Morgan fingerprint density at radius 2 is 2.20 bits per heavy atom. The molecule has 0 aliphatic heterocycles. The van der Waals surface area contributed by atoms with Crippen LogP contribution in [0.25, 0.3) is 11.5 Å². The molecular weight excluding hydrogens is 250 g/mol. The molecule has 1 saturated carbocycles. The number of nitrogens with one attached hydrogen (secondary N) is 1. The van der Waals surface area contributed by atoms with E-state index in [4.69, 9.17) is 4.42 Å². The van der Waals surface area contributed by atoms with Crippen LogP contribution in [0.15, 0.2) is 29.0 Å². The van der Waals surface area contributed by atoms with Crippen molar-refractivity contribution in [3.63, 3.8) is 0 Å². The van der Waals surface area contributed by atoms with Gasteiger partial charge in [0.15, 0.2) is 0 Å². The minimum absolute atomic E-state index is 0.354. The summed E-state index contributed by atoms with van der Waals surface area (Å²) in [5.74, 6) is 0.568. The first-order chi connectivity index (χ1) is 9.56. The van der Waals surface area contributed by atoms with E-state index in [0.29, 0.717) is 17.3 Å². The molecule has 1 aliphatic carbocycles. The Morgan fingerprint density at radius 1 is 1.35 bits per heavy atom. The second-order valence-electron chi connectivity index (χ2n) is 6.35. The molecule has 1 heterocycles. The van der Waals surface area contributed by atoms with E-state index >= 15 is 0 Å². The van der Waals surface area contributed by atoms with Gasteiger partial charge in [-0.25, -0.2) is 0 Å². The van der Waals surface area contributed by atoms with Crippen molar-refractivity contribution in [2.75, 3.05) is 5.32 Å². The zero-order chi connectivity index (χ0) is 14.2. The summed E-state index contributed by atoms with van der Waals surface area (Å²) in [6.07, 6.45) is 5.18. The Bertz CT molecular complexity index is 590. The molecule has 20 heavy (non-hydrogen) atoms. The Kier molecular flexibility index (Phi) is 3.24. The lowest BCUT2D eigenvalue weighted by molar-refractivity contribution is 0.350. The van der Waals surface area contributed by atoms with Gasteiger partial charge < -0.3 is 9.73 Å². The fraction of sp³-hybridized carbons (Fsp3) is 0.500. The lowest BCUT2D eigenvalue weighted by atomic mass is 9.87. The molecule has 1 N–H and O–H groups in total. The second kappa shape index (κ2) is 4.93. The van der Waals surface area contributed by atoms with Crippen LogP contribution < -0.4 is 5.32 Å². The first kappa shape index (κ1) is 13.2. The van der Waals surface area contributed by atoms with Crippen LogP contribution in [0.1, 0.15) is 38.7 Å². The maximum absolute atomic E-state index is 5.28. The molecular formula is C16H21N3O. The van der Waals surface area contributed by atoms with Crippen LogP contribution in [-0.4, -0.2) is 16.2 Å². The third-order valence-corrected chi connectivity index (χ3v) is 4.43. The molecule has 0 saturated heterocycles. The van der Waals surface area contributed by atoms with Crippen molar-refractivity contribution >= 4 is 5.69 Å². The summed E-state index contributed by atoms with van der Waals surface area (Å²) in [5.41, 5.74) is 3.73. The number of benzene rings is 1. The maximum Gasteiger partial charge on any atom is 0.247 e. The lowest BCUT2D eigenvalue weighted by Crippen LogP contribution is -2.31. The molecule has 0 bridgehead atoms. The first-order valence-corrected chi connectivity index (χ1v) is 7.20. The van der Waals surface area contributed by atoms with Gasteiger partial charge in [-0.1, -0.05) is 26.3 Å². The molecule has 4 nitrogen and oxygen atoms in total. The van der Waals surface area contributed by atoms with Gasteiger partial charge in [-0.15, -0.1) is 10.2 Å². The highest BCUT2D eigenvalue weighted by Gasteiger charge is 2.34. The number of aromatic nitrogens is 2. The van der Waals surface area contributed by atoms with Crippen LogP contribution in [0.5, 0.6) is 0 Å². The summed E-state index contributed by atoms with van der Waals surface area (Å²) in [4.78, 5) is 0. The summed E-state index contributed by atoms with van der Waals surface area (Å²) in [7, 11) is 0. The second-order valence-corrected chi connectivity index (χ2v) is 6.35. The topological polar surface area (TPSA) is 51.0 Å². The van der Waals surface area contributed by atoms with E-state index in [1.807, 2.05) is 6.07 Å². The van der Waals surface area contributed by atoms with Gasteiger partial charge in [-0.2, -0.15) is 0 Å². The van der Waals surface area contributed by atoms with Crippen molar-refractivity contribution in [2.24, 2.45) is 5.41 Å². The average Bonchev–Trinajstić information content (AvgIpc) is 3.03. The van der Waals surface area contributed by atoms with Crippen molar-refractivity contribution < 1.29 is 4.42 Å². The van der Waals surface area contributed by atoms with E-state index in [2.05, 4.69) is 48.4 Å². The summed E-state index contributed by atoms with van der Waals surface area (Å²) in [6.45, 7) is 6.81. The van der Waals surface area contributed by atoms with Gasteiger partial charge in [0.05, 0.1) is 0 Å². The Morgan fingerprint density at radius 3 is 2.85 bits per heavy atom. The van der Waals surface area contributed by atoms with Gasteiger partial charge in [0.25, 0.3) is 0 Å². The fourth-order valence-electron chi connectivity index (χ4n) is 2.99. The van der Waals surface area contributed by atoms with E-state index < -0.39 is 0 Å². The number of anilines is 1. The minimum atomic E-state index is 0.354. The smallest absolute Gasteiger partial charge is 0.247 e. The number of hydrogen-bond acceptors (Lipinski definition) is 4. The minimum Gasteiger partial charge on any atom is -0.423 e. The van der Waals surface area contributed by atoms with Gasteiger partial charge in [0.1, 0.15) is 0 Å². The van der Waals surface area contributed by atoms with E-state index in [0.717, 1.165) is 5.56 Å².